The standard InChI is InChI=1S/C18H27NO/c1-17-9-7-15-13(14(17)5-6-16(17)19)4-3-12-8-10-20-11-18(12,15)2/h3-4,14-16H,5-11,19H2,1-2H3/t14-,15+,16?,17-,18-/m0/s1. The van der Waals surface area contributed by atoms with E-state index in [-0.39, 0.29) is 5.41 Å². The molecule has 4 rings (SSSR count). The van der Waals surface area contributed by atoms with Gasteiger partial charge in [0.2, 0.25) is 0 Å². The number of hydrogen-bond donors (Lipinski definition) is 1. The fourth-order valence-corrected chi connectivity index (χ4v) is 5.59. The molecular formula is C18H27NO. The van der Waals surface area contributed by atoms with Crippen LogP contribution in [-0.4, -0.2) is 19.3 Å². The Labute approximate surface area is 122 Å². The maximum atomic E-state index is 6.44. The summed E-state index contributed by atoms with van der Waals surface area (Å²) < 4.78 is 5.86. The highest BCUT2D eigenvalue weighted by Gasteiger charge is 2.55. The van der Waals surface area contributed by atoms with Crippen molar-refractivity contribution in [1.29, 1.82) is 0 Å². The number of nitrogens with two attached hydrogens (primary N) is 1. The smallest absolute Gasteiger partial charge is 0.0563 e. The molecule has 3 aliphatic carbocycles. The third kappa shape index (κ3) is 1.52. The van der Waals surface area contributed by atoms with Crippen molar-refractivity contribution in [3.63, 3.8) is 0 Å². The molecule has 3 fully saturated rings. The normalized spacial score (nSPS) is 50.6. The van der Waals surface area contributed by atoms with Crippen LogP contribution >= 0.6 is 0 Å². The van der Waals surface area contributed by atoms with Gasteiger partial charge in [-0.15, -0.1) is 0 Å². The molecule has 0 bridgehead atoms. The van der Waals surface area contributed by atoms with E-state index in [1.54, 1.807) is 11.1 Å². The predicted octanol–water partition coefficient (Wildman–Crippen LogP) is 3.43. The average molecular weight is 273 g/mol. The van der Waals surface area contributed by atoms with Gasteiger partial charge in [0.1, 0.15) is 0 Å². The number of ether oxygens (including phenoxy) is 1. The van der Waals surface area contributed by atoms with Gasteiger partial charge in [-0.2, -0.15) is 0 Å². The lowest BCUT2D eigenvalue weighted by molar-refractivity contribution is -0.00529. The topological polar surface area (TPSA) is 35.2 Å². The predicted molar refractivity (Wildman–Crippen MR) is 81.2 cm³/mol. The molecule has 1 heterocycles. The maximum Gasteiger partial charge on any atom is 0.0563 e. The summed E-state index contributed by atoms with van der Waals surface area (Å²) in [4.78, 5) is 0. The molecule has 20 heavy (non-hydrogen) atoms. The fraction of sp³-hybridized carbons (Fsp3) is 0.778. The summed E-state index contributed by atoms with van der Waals surface area (Å²) >= 11 is 0. The minimum Gasteiger partial charge on any atom is -0.380 e. The van der Waals surface area contributed by atoms with Gasteiger partial charge >= 0.3 is 0 Å². The van der Waals surface area contributed by atoms with Gasteiger partial charge in [-0.1, -0.05) is 37.1 Å². The summed E-state index contributed by atoms with van der Waals surface area (Å²) in [7, 11) is 0. The van der Waals surface area contributed by atoms with Crippen LogP contribution in [0.25, 0.3) is 0 Å². The summed E-state index contributed by atoms with van der Waals surface area (Å²) in [6, 6.07) is 0.398. The molecule has 1 saturated heterocycles. The highest BCUT2D eigenvalue weighted by molar-refractivity contribution is 5.38. The number of allylic oxidation sites excluding steroid dienone is 3. The summed E-state index contributed by atoms with van der Waals surface area (Å²) in [5.74, 6) is 1.42. The molecule has 0 amide bonds. The van der Waals surface area contributed by atoms with E-state index < -0.39 is 0 Å². The minimum absolute atomic E-state index is 0.260. The number of rotatable bonds is 0. The molecule has 0 aromatic heterocycles. The Hall–Kier alpha value is -0.600. The Morgan fingerprint density at radius 2 is 2.00 bits per heavy atom. The van der Waals surface area contributed by atoms with E-state index >= 15 is 0 Å². The van der Waals surface area contributed by atoms with Gasteiger partial charge in [0, 0.05) is 11.5 Å². The van der Waals surface area contributed by atoms with Crippen LogP contribution in [0.3, 0.4) is 0 Å². The van der Waals surface area contributed by atoms with Crippen LogP contribution < -0.4 is 5.73 Å². The van der Waals surface area contributed by atoms with E-state index in [0.717, 1.165) is 19.6 Å². The molecule has 0 spiro atoms. The molecular weight excluding hydrogens is 246 g/mol. The summed E-state index contributed by atoms with van der Waals surface area (Å²) in [6.07, 6.45) is 11.1. The average Bonchev–Trinajstić information content (AvgIpc) is 2.74. The van der Waals surface area contributed by atoms with Crippen molar-refractivity contribution in [2.24, 2.45) is 28.4 Å². The van der Waals surface area contributed by atoms with Crippen molar-refractivity contribution < 1.29 is 4.74 Å². The summed E-state index contributed by atoms with van der Waals surface area (Å²) in [5, 5.41) is 0. The summed E-state index contributed by atoms with van der Waals surface area (Å²) in [5.41, 5.74) is 10.4. The SMILES string of the molecule is C[C@]12COCCC1=CC=C1[C@H]2CC[C@]2(C)C(N)CC[C@@H]12. The first-order valence-corrected chi connectivity index (χ1v) is 8.30. The van der Waals surface area contributed by atoms with Crippen molar-refractivity contribution in [3.05, 3.63) is 23.3 Å². The van der Waals surface area contributed by atoms with Crippen LogP contribution in [0.15, 0.2) is 23.3 Å². The Balaban J connectivity index is 1.76. The van der Waals surface area contributed by atoms with Crippen LogP contribution in [-0.2, 0) is 4.74 Å². The summed E-state index contributed by atoms with van der Waals surface area (Å²) in [6.45, 7) is 6.69. The lowest BCUT2D eigenvalue weighted by Crippen LogP contribution is -2.49. The molecule has 1 aliphatic heterocycles. The van der Waals surface area contributed by atoms with Crippen molar-refractivity contribution in [1.82, 2.24) is 0 Å². The maximum absolute atomic E-state index is 6.44. The minimum atomic E-state index is 0.260. The second-order valence-electron chi connectivity index (χ2n) is 7.91. The zero-order valence-corrected chi connectivity index (χ0v) is 12.8. The molecule has 4 aliphatic rings. The molecule has 5 atom stereocenters. The lowest BCUT2D eigenvalue weighted by atomic mass is 9.53. The van der Waals surface area contributed by atoms with Crippen LogP contribution in [0, 0.1) is 22.7 Å². The molecule has 2 heteroatoms. The van der Waals surface area contributed by atoms with E-state index in [9.17, 15) is 0 Å². The fourth-order valence-electron chi connectivity index (χ4n) is 5.59. The highest BCUT2D eigenvalue weighted by atomic mass is 16.5. The van der Waals surface area contributed by atoms with Crippen molar-refractivity contribution >= 4 is 0 Å². The van der Waals surface area contributed by atoms with Gasteiger partial charge in [-0.05, 0) is 49.4 Å². The molecule has 2 nitrogen and oxygen atoms in total. The third-order valence-corrected chi connectivity index (χ3v) is 7.08. The largest absolute Gasteiger partial charge is 0.380 e. The zero-order chi connectivity index (χ0) is 14.0. The highest BCUT2D eigenvalue weighted by Crippen LogP contribution is 2.61. The van der Waals surface area contributed by atoms with Crippen LogP contribution in [0.2, 0.25) is 0 Å². The van der Waals surface area contributed by atoms with Gasteiger partial charge in [0.15, 0.2) is 0 Å². The molecule has 0 aromatic rings. The Kier molecular flexibility index (Phi) is 2.75. The van der Waals surface area contributed by atoms with Crippen molar-refractivity contribution in [3.8, 4) is 0 Å². The van der Waals surface area contributed by atoms with Gasteiger partial charge < -0.3 is 10.5 Å². The first-order chi connectivity index (χ1) is 9.56. The van der Waals surface area contributed by atoms with E-state index in [2.05, 4.69) is 26.0 Å². The Bertz CT molecular complexity index is 494. The molecule has 2 saturated carbocycles. The molecule has 1 unspecified atom stereocenters. The van der Waals surface area contributed by atoms with Gasteiger partial charge in [-0.3, -0.25) is 0 Å². The van der Waals surface area contributed by atoms with Gasteiger partial charge in [0.05, 0.1) is 13.2 Å². The second kappa shape index (κ2) is 4.20. The van der Waals surface area contributed by atoms with E-state index in [0.29, 0.717) is 23.3 Å². The second-order valence-corrected chi connectivity index (χ2v) is 7.91. The first-order valence-electron chi connectivity index (χ1n) is 8.30. The van der Waals surface area contributed by atoms with Crippen LogP contribution in [0.1, 0.15) is 46.0 Å². The van der Waals surface area contributed by atoms with E-state index in [1.165, 1.54) is 25.7 Å². The van der Waals surface area contributed by atoms with E-state index in [1.807, 2.05) is 0 Å². The number of hydrogen-bond acceptors (Lipinski definition) is 2. The zero-order valence-electron chi connectivity index (χ0n) is 12.8. The van der Waals surface area contributed by atoms with Crippen LogP contribution in [0.4, 0.5) is 0 Å². The van der Waals surface area contributed by atoms with Gasteiger partial charge in [0.25, 0.3) is 0 Å². The molecule has 110 valence electrons. The van der Waals surface area contributed by atoms with Crippen LogP contribution in [0.5, 0.6) is 0 Å². The van der Waals surface area contributed by atoms with E-state index in [4.69, 9.17) is 10.5 Å². The van der Waals surface area contributed by atoms with Crippen molar-refractivity contribution in [2.75, 3.05) is 13.2 Å². The Morgan fingerprint density at radius 1 is 1.15 bits per heavy atom. The van der Waals surface area contributed by atoms with Crippen molar-refractivity contribution in [2.45, 2.75) is 52.0 Å². The molecule has 2 N–H and O–H groups in total. The number of fused-ring (bicyclic) bond motifs is 5. The lowest BCUT2D eigenvalue weighted by Gasteiger charge is -2.53. The molecule has 0 radical (unpaired) electrons. The van der Waals surface area contributed by atoms with Gasteiger partial charge in [-0.25, -0.2) is 0 Å². The quantitative estimate of drug-likeness (QED) is 0.734. The third-order valence-electron chi connectivity index (χ3n) is 7.08. The molecule has 0 aromatic carbocycles. The monoisotopic (exact) mass is 273 g/mol. The Morgan fingerprint density at radius 3 is 2.85 bits per heavy atom. The first kappa shape index (κ1) is 13.1.